The van der Waals surface area contributed by atoms with Crippen LogP contribution >= 0.6 is 0 Å². The second-order valence-corrected chi connectivity index (χ2v) is 5.76. The Morgan fingerprint density at radius 2 is 1.85 bits per heavy atom. The summed E-state index contributed by atoms with van der Waals surface area (Å²) >= 11 is 0. The van der Waals surface area contributed by atoms with E-state index in [0.29, 0.717) is 11.8 Å². The molecule has 1 aromatic carbocycles. The molecule has 0 heterocycles. The first kappa shape index (κ1) is 16.0. The maximum Gasteiger partial charge on any atom is 0.408 e. The number of ether oxygens (including phenoxy) is 1. The topological polar surface area (TPSA) is 75.6 Å². The largest absolute Gasteiger partial charge is 0.508 e. The molecule has 0 aliphatic rings. The van der Waals surface area contributed by atoms with Crippen LogP contribution in [0.5, 0.6) is 5.75 Å². The van der Waals surface area contributed by atoms with E-state index in [1.165, 1.54) is 0 Å². The summed E-state index contributed by atoms with van der Waals surface area (Å²) in [7, 11) is 0. The zero-order valence-corrected chi connectivity index (χ0v) is 12.5. The van der Waals surface area contributed by atoms with Gasteiger partial charge in [-0.25, -0.2) is 4.79 Å². The molecule has 1 atom stereocenters. The molecule has 0 radical (unpaired) electrons. The fourth-order valence-electron chi connectivity index (χ4n) is 1.69. The van der Waals surface area contributed by atoms with E-state index >= 15 is 0 Å². The summed E-state index contributed by atoms with van der Waals surface area (Å²) in [5, 5.41) is 12.3. The molecule has 2 N–H and O–H groups in total. The number of hydrogen-bond donors (Lipinski definition) is 2. The van der Waals surface area contributed by atoms with E-state index in [4.69, 9.17) is 4.74 Å². The van der Waals surface area contributed by atoms with Gasteiger partial charge in [0.2, 0.25) is 0 Å². The van der Waals surface area contributed by atoms with Crippen molar-refractivity contribution in [1.29, 1.82) is 0 Å². The van der Waals surface area contributed by atoms with Gasteiger partial charge in [-0.3, -0.25) is 0 Å². The number of amides is 1. The first-order valence-electron chi connectivity index (χ1n) is 6.39. The molecule has 1 amide bonds. The standard InChI is InChI=1S/C15H21NO4/c1-9-6-11(13(18)7-10(9)2)12(8-17)16-14(19)20-15(3,4)5/h6-8,12,18H,1-5H3,(H,16,19). The van der Waals surface area contributed by atoms with Crippen molar-refractivity contribution in [1.82, 2.24) is 5.32 Å². The molecule has 0 aromatic heterocycles. The highest BCUT2D eigenvalue weighted by atomic mass is 16.6. The van der Waals surface area contributed by atoms with E-state index in [-0.39, 0.29) is 5.75 Å². The first-order valence-corrected chi connectivity index (χ1v) is 6.39. The van der Waals surface area contributed by atoms with Gasteiger partial charge in [-0.2, -0.15) is 0 Å². The summed E-state index contributed by atoms with van der Waals surface area (Å²) in [6.07, 6.45) is -0.138. The molecule has 0 spiro atoms. The van der Waals surface area contributed by atoms with Crippen LogP contribution in [0, 0.1) is 13.8 Å². The number of alkyl carbamates (subject to hydrolysis) is 1. The van der Waals surface area contributed by atoms with Crippen molar-refractivity contribution in [3.05, 3.63) is 28.8 Å². The smallest absolute Gasteiger partial charge is 0.408 e. The number of aldehydes is 1. The van der Waals surface area contributed by atoms with Crippen LogP contribution < -0.4 is 5.32 Å². The van der Waals surface area contributed by atoms with Crippen LogP contribution in [-0.2, 0) is 9.53 Å². The van der Waals surface area contributed by atoms with Gasteiger partial charge in [0.15, 0.2) is 0 Å². The van der Waals surface area contributed by atoms with Crippen molar-refractivity contribution < 1.29 is 19.4 Å². The lowest BCUT2D eigenvalue weighted by Gasteiger charge is -2.22. The normalized spacial score (nSPS) is 12.7. The van der Waals surface area contributed by atoms with Gasteiger partial charge in [0.05, 0.1) is 0 Å². The number of nitrogens with one attached hydrogen (secondary N) is 1. The SMILES string of the molecule is Cc1cc(O)c(C(C=O)NC(=O)OC(C)(C)C)cc1C. The van der Waals surface area contributed by atoms with Crippen molar-refractivity contribution in [2.45, 2.75) is 46.3 Å². The quantitative estimate of drug-likeness (QED) is 0.834. The van der Waals surface area contributed by atoms with Gasteiger partial charge in [0.1, 0.15) is 23.7 Å². The average Bonchev–Trinajstić information content (AvgIpc) is 2.29. The minimum atomic E-state index is -0.941. The number of carbonyl (C=O) groups excluding carboxylic acids is 2. The molecule has 0 saturated heterocycles. The van der Waals surface area contributed by atoms with Crippen LogP contribution in [0.1, 0.15) is 43.5 Å². The van der Waals surface area contributed by atoms with Gasteiger partial charge in [-0.05, 0) is 57.9 Å². The molecule has 0 aliphatic carbocycles. The highest BCUT2D eigenvalue weighted by Gasteiger charge is 2.22. The highest BCUT2D eigenvalue weighted by Crippen LogP contribution is 2.27. The molecular formula is C15H21NO4. The van der Waals surface area contributed by atoms with Crippen LogP contribution in [0.4, 0.5) is 4.79 Å². The number of benzene rings is 1. The molecule has 1 aromatic rings. The Hall–Kier alpha value is -2.04. The molecule has 20 heavy (non-hydrogen) atoms. The fourth-order valence-corrected chi connectivity index (χ4v) is 1.69. The third kappa shape index (κ3) is 4.26. The second-order valence-electron chi connectivity index (χ2n) is 5.76. The maximum absolute atomic E-state index is 11.7. The van der Waals surface area contributed by atoms with Crippen molar-refractivity contribution in [3.8, 4) is 5.75 Å². The Balaban J connectivity index is 2.95. The predicted molar refractivity (Wildman–Crippen MR) is 75.8 cm³/mol. The zero-order chi connectivity index (χ0) is 15.5. The molecule has 0 aliphatic heterocycles. The molecule has 1 rings (SSSR count). The average molecular weight is 279 g/mol. The van der Waals surface area contributed by atoms with Crippen LogP contribution in [-0.4, -0.2) is 23.1 Å². The van der Waals surface area contributed by atoms with Gasteiger partial charge in [-0.1, -0.05) is 0 Å². The molecule has 0 fully saturated rings. The van der Waals surface area contributed by atoms with Crippen molar-refractivity contribution in [2.75, 3.05) is 0 Å². The third-order valence-corrected chi connectivity index (χ3v) is 2.79. The zero-order valence-electron chi connectivity index (χ0n) is 12.5. The lowest BCUT2D eigenvalue weighted by Crippen LogP contribution is -2.35. The molecule has 5 heteroatoms. The maximum atomic E-state index is 11.7. The van der Waals surface area contributed by atoms with Gasteiger partial charge in [0, 0.05) is 5.56 Å². The number of phenolic OH excluding ortho intramolecular Hbond substituents is 1. The van der Waals surface area contributed by atoms with Crippen molar-refractivity contribution >= 4 is 12.4 Å². The van der Waals surface area contributed by atoms with Crippen molar-refractivity contribution in [2.24, 2.45) is 0 Å². The molecule has 0 saturated carbocycles. The van der Waals surface area contributed by atoms with Crippen LogP contribution in [0.15, 0.2) is 12.1 Å². The van der Waals surface area contributed by atoms with E-state index in [1.807, 2.05) is 13.8 Å². The Labute approximate surface area is 118 Å². The molecule has 5 nitrogen and oxygen atoms in total. The van der Waals surface area contributed by atoms with Crippen LogP contribution in [0.3, 0.4) is 0 Å². The van der Waals surface area contributed by atoms with Crippen LogP contribution in [0.25, 0.3) is 0 Å². The Morgan fingerprint density at radius 1 is 1.30 bits per heavy atom. The number of rotatable bonds is 3. The molecule has 110 valence electrons. The predicted octanol–water partition coefficient (Wildman–Crippen LogP) is 2.77. The summed E-state index contributed by atoms with van der Waals surface area (Å²) in [4.78, 5) is 22.9. The number of carbonyl (C=O) groups is 2. The van der Waals surface area contributed by atoms with E-state index < -0.39 is 17.7 Å². The Kier molecular flexibility index (Phi) is 4.76. The van der Waals surface area contributed by atoms with Gasteiger partial charge >= 0.3 is 6.09 Å². The van der Waals surface area contributed by atoms with Gasteiger partial charge in [0.25, 0.3) is 0 Å². The van der Waals surface area contributed by atoms with Crippen LogP contribution in [0.2, 0.25) is 0 Å². The number of hydrogen-bond acceptors (Lipinski definition) is 4. The van der Waals surface area contributed by atoms with E-state index in [9.17, 15) is 14.7 Å². The summed E-state index contributed by atoms with van der Waals surface area (Å²) in [6.45, 7) is 8.92. The lowest BCUT2D eigenvalue weighted by atomic mass is 10.0. The summed E-state index contributed by atoms with van der Waals surface area (Å²) in [5.41, 5.74) is 1.54. The highest BCUT2D eigenvalue weighted by molar-refractivity contribution is 5.75. The number of aryl methyl sites for hydroxylation is 2. The fraction of sp³-hybridized carbons (Fsp3) is 0.467. The molecule has 0 bridgehead atoms. The van der Waals surface area contributed by atoms with Gasteiger partial charge < -0.3 is 20.0 Å². The third-order valence-electron chi connectivity index (χ3n) is 2.79. The second kappa shape index (κ2) is 5.94. The monoisotopic (exact) mass is 279 g/mol. The van der Waals surface area contributed by atoms with E-state index in [1.54, 1.807) is 32.9 Å². The minimum absolute atomic E-state index is 0.0266. The lowest BCUT2D eigenvalue weighted by molar-refractivity contribution is -0.109. The summed E-state index contributed by atoms with van der Waals surface area (Å²) in [5.74, 6) is -0.0266. The summed E-state index contributed by atoms with van der Waals surface area (Å²) in [6, 6.07) is 2.31. The Morgan fingerprint density at radius 3 is 2.35 bits per heavy atom. The van der Waals surface area contributed by atoms with E-state index in [0.717, 1.165) is 11.1 Å². The van der Waals surface area contributed by atoms with E-state index in [2.05, 4.69) is 5.32 Å². The molecule has 1 unspecified atom stereocenters. The number of phenols is 1. The Bertz CT molecular complexity index is 517. The minimum Gasteiger partial charge on any atom is -0.508 e. The number of aromatic hydroxyl groups is 1. The first-order chi connectivity index (χ1) is 9.14. The van der Waals surface area contributed by atoms with Crippen molar-refractivity contribution in [3.63, 3.8) is 0 Å². The van der Waals surface area contributed by atoms with Gasteiger partial charge in [-0.15, -0.1) is 0 Å². The summed E-state index contributed by atoms with van der Waals surface area (Å²) < 4.78 is 5.09. The molecular weight excluding hydrogens is 258 g/mol.